The fourth-order valence-corrected chi connectivity index (χ4v) is 3.51. The van der Waals surface area contributed by atoms with Crippen molar-refractivity contribution in [1.82, 2.24) is 0 Å². The van der Waals surface area contributed by atoms with Gasteiger partial charge in [-0.1, -0.05) is 26.7 Å². The van der Waals surface area contributed by atoms with Crippen LogP contribution in [0.25, 0.3) is 0 Å². The second-order valence-electron chi connectivity index (χ2n) is 5.33. The largest absolute Gasteiger partial charge is 0.469 e. The fraction of sp³-hybridized carbons (Fsp3) is 0.923. The van der Waals surface area contributed by atoms with Gasteiger partial charge in [0, 0.05) is 6.54 Å². The molecular formula is C13H25NO2. The quantitative estimate of drug-likeness (QED) is 0.709. The molecule has 0 spiro atoms. The normalized spacial score (nSPS) is 21.2. The number of hydrogen-bond acceptors (Lipinski definition) is 3. The van der Waals surface area contributed by atoms with Crippen molar-refractivity contribution >= 4 is 5.97 Å². The Hall–Kier alpha value is -0.570. The van der Waals surface area contributed by atoms with E-state index in [-0.39, 0.29) is 11.4 Å². The maximum absolute atomic E-state index is 11.7. The topological polar surface area (TPSA) is 52.3 Å². The van der Waals surface area contributed by atoms with E-state index in [1.54, 1.807) is 0 Å². The van der Waals surface area contributed by atoms with E-state index in [9.17, 15) is 4.79 Å². The number of hydrogen-bond donors (Lipinski definition) is 1. The molecule has 1 saturated carbocycles. The Balaban J connectivity index is 2.68. The lowest BCUT2D eigenvalue weighted by atomic mass is 9.50. The molecule has 1 aliphatic carbocycles. The number of nitrogens with two attached hydrogens (primary N) is 1. The molecule has 0 aliphatic heterocycles. The number of carbonyl (C=O) groups excluding carboxylic acids is 1. The Morgan fingerprint density at radius 2 is 1.75 bits per heavy atom. The van der Waals surface area contributed by atoms with Gasteiger partial charge in [0.1, 0.15) is 0 Å². The summed E-state index contributed by atoms with van der Waals surface area (Å²) in [5, 5.41) is 0. The number of methoxy groups -OCH3 is 1. The predicted molar refractivity (Wildman–Crippen MR) is 65.0 cm³/mol. The maximum Gasteiger partial charge on any atom is 0.313 e. The third kappa shape index (κ3) is 2.24. The monoisotopic (exact) mass is 227 g/mol. The summed E-state index contributed by atoms with van der Waals surface area (Å²) in [6.07, 6.45) is 6.62. The molecule has 0 atom stereocenters. The van der Waals surface area contributed by atoms with Gasteiger partial charge in [0.2, 0.25) is 0 Å². The second kappa shape index (κ2) is 5.17. The van der Waals surface area contributed by atoms with E-state index in [0.29, 0.717) is 12.0 Å². The zero-order valence-corrected chi connectivity index (χ0v) is 10.8. The van der Waals surface area contributed by atoms with Crippen molar-refractivity contribution in [3.8, 4) is 0 Å². The molecule has 0 aromatic rings. The van der Waals surface area contributed by atoms with Gasteiger partial charge < -0.3 is 10.5 Å². The summed E-state index contributed by atoms with van der Waals surface area (Å²) in [5.74, 6) is -0.113. The SMILES string of the molecule is CCCC1(CCC)CC(CN)(C(=O)OC)C1. The summed E-state index contributed by atoms with van der Waals surface area (Å²) < 4.78 is 4.88. The molecule has 3 heteroatoms. The third-order valence-electron chi connectivity index (χ3n) is 4.00. The second-order valence-corrected chi connectivity index (χ2v) is 5.33. The van der Waals surface area contributed by atoms with Crippen LogP contribution >= 0.6 is 0 Å². The first-order valence-corrected chi connectivity index (χ1v) is 6.36. The molecule has 3 nitrogen and oxygen atoms in total. The molecule has 0 heterocycles. The van der Waals surface area contributed by atoms with Crippen molar-refractivity contribution in [2.75, 3.05) is 13.7 Å². The number of rotatable bonds is 6. The fourth-order valence-electron chi connectivity index (χ4n) is 3.51. The molecule has 1 fully saturated rings. The summed E-state index contributed by atoms with van der Waals surface area (Å²) in [6, 6.07) is 0. The van der Waals surface area contributed by atoms with E-state index in [4.69, 9.17) is 10.5 Å². The molecule has 94 valence electrons. The summed E-state index contributed by atoms with van der Waals surface area (Å²) >= 11 is 0. The number of esters is 1. The number of carbonyl (C=O) groups is 1. The van der Waals surface area contributed by atoms with E-state index in [0.717, 1.165) is 12.8 Å². The van der Waals surface area contributed by atoms with Gasteiger partial charge in [-0.05, 0) is 31.1 Å². The Morgan fingerprint density at radius 1 is 1.25 bits per heavy atom. The van der Waals surface area contributed by atoms with Crippen LogP contribution in [-0.4, -0.2) is 19.6 Å². The van der Waals surface area contributed by atoms with Gasteiger partial charge in [0.25, 0.3) is 0 Å². The molecule has 0 bridgehead atoms. The van der Waals surface area contributed by atoms with Gasteiger partial charge in [0.15, 0.2) is 0 Å². The molecule has 0 saturated heterocycles. The van der Waals surface area contributed by atoms with Gasteiger partial charge in [-0.25, -0.2) is 0 Å². The minimum atomic E-state index is -0.376. The van der Waals surface area contributed by atoms with Gasteiger partial charge in [0.05, 0.1) is 12.5 Å². The van der Waals surface area contributed by atoms with Crippen LogP contribution in [-0.2, 0) is 9.53 Å². The van der Waals surface area contributed by atoms with E-state index in [2.05, 4.69) is 13.8 Å². The standard InChI is InChI=1S/C13H25NO2/c1-4-6-12(7-5-2)8-13(9-12,10-14)11(15)16-3/h4-10,14H2,1-3H3. The van der Waals surface area contributed by atoms with Crippen molar-refractivity contribution in [2.45, 2.75) is 52.4 Å². The van der Waals surface area contributed by atoms with Crippen LogP contribution in [0.1, 0.15) is 52.4 Å². The smallest absolute Gasteiger partial charge is 0.313 e. The molecule has 1 aliphatic rings. The minimum absolute atomic E-state index is 0.113. The minimum Gasteiger partial charge on any atom is -0.469 e. The summed E-state index contributed by atoms with van der Waals surface area (Å²) in [5.41, 5.74) is 5.74. The molecule has 16 heavy (non-hydrogen) atoms. The lowest BCUT2D eigenvalue weighted by Crippen LogP contribution is -2.55. The molecular weight excluding hydrogens is 202 g/mol. The molecule has 2 N–H and O–H groups in total. The zero-order valence-electron chi connectivity index (χ0n) is 10.8. The summed E-state index contributed by atoms with van der Waals surface area (Å²) in [4.78, 5) is 11.7. The van der Waals surface area contributed by atoms with Gasteiger partial charge >= 0.3 is 5.97 Å². The Kier molecular flexibility index (Phi) is 4.36. The van der Waals surface area contributed by atoms with Crippen LogP contribution in [0.2, 0.25) is 0 Å². The van der Waals surface area contributed by atoms with E-state index in [1.807, 2.05) is 0 Å². The van der Waals surface area contributed by atoms with Gasteiger partial charge in [-0.2, -0.15) is 0 Å². The number of ether oxygens (including phenoxy) is 1. The zero-order chi connectivity index (χ0) is 12.2. The van der Waals surface area contributed by atoms with E-state index >= 15 is 0 Å². The predicted octanol–water partition coefficient (Wildman–Crippen LogP) is 2.48. The van der Waals surface area contributed by atoms with Gasteiger partial charge in [-0.3, -0.25) is 4.79 Å². The highest BCUT2D eigenvalue weighted by atomic mass is 16.5. The van der Waals surface area contributed by atoms with Crippen molar-refractivity contribution in [2.24, 2.45) is 16.6 Å². The van der Waals surface area contributed by atoms with Crippen LogP contribution in [0, 0.1) is 10.8 Å². The molecule has 0 radical (unpaired) electrons. The van der Waals surface area contributed by atoms with Crippen LogP contribution in [0.4, 0.5) is 0 Å². The molecule has 0 aromatic heterocycles. The highest BCUT2D eigenvalue weighted by molar-refractivity contribution is 5.78. The summed E-state index contributed by atoms with van der Waals surface area (Å²) in [7, 11) is 1.46. The lowest BCUT2D eigenvalue weighted by Gasteiger charge is -2.54. The molecule has 1 rings (SSSR count). The average molecular weight is 227 g/mol. The van der Waals surface area contributed by atoms with Crippen LogP contribution in [0.15, 0.2) is 0 Å². The molecule has 0 aromatic carbocycles. The van der Waals surface area contributed by atoms with Crippen molar-refractivity contribution in [3.05, 3.63) is 0 Å². The molecule has 0 amide bonds. The Bertz CT molecular complexity index is 236. The van der Waals surface area contributed by atoms with Crippen LogP contribution < -0.4 is 5.73 Å². The van der Waals surface area contributed by atoms with Crippen molar-refractivity contribution in [3.63, 3.8) is 0 Å². The Morgan fingerprint density at radius 3 is 2.06 bits per heavy atom. The van der Waals surface area contributed by atoms with E-state index < -0.39 is 0 Å². The van der Waals surface area contributed by atoms with Crippen LogP contribution in [0.5, 0.6) is 0 Å². The van der Waals surface area contributed by atoms with Gasteiger partial charge in [-0.15, -0.1) is 0 Å². The van der Waals surface area contributed by atoms with Crippen molar-refractivity contribution in [1.29, 1.82) is 0 Å². The van der Waals surface area contributed by atoms with Crippen molar-refractivity contribution < 1.29 is 9.53 Å². The molecule has 0 unspecified atom stereocenters. The lowest BCUT2D eigenvalue weighted by molar-refractivity contribution is -0.170. The summed E-state index contributed by atoms with van der Waals surface area (Å²) in [6.45, 7) is 4.84. The first-order valence-electron chi connectivity index (χ1n) is 6.36. The Labute approximate surface area is 98.7 Å². The third-order valence-corrected chi connectivity index (χ3v) is 4.00. The highest BCUT2D eigenvalue weighted by Gasteiger charge is 2.57. The maximum atomic E-state index is 11.7. The first-order chi connectivity index (χ1) is 7.58. The highest BCUT2D eigenvalue weighted by Crippen LogP contribution is 2.59. The average Bonchev–Trinajstić information content (AvgIpc) is 2.24. The van der Waals surface area contributed by atoms with Crippen LogP contribution in [0.3, 0.4) is 0 Å². The van der Waals surface area contributed by atoms with E-state index in [1.165, 1.54) is 32.8 Å². The first kappa shape index (κ1) is 13.5.